The van der Waals surface area contributed by atoms with Gasteiger partial charge in [-0.3, -0.25) is 4.68 Å². The van der Waals surface area contributed by atoms with E-state index in [2.05, 4.69) is 28.8 Å². The van der Waals surface area contributed by atoms with E-state index >= 15 is 0 Å². The van der Waals surface area contributed by atoms with Crippen molar-refractivity contribution in [3.05, 3.63) is 29.9 Å². The Morgan fingerprint density at radius 2 is 2.18 bits per heavy atom. The summed E-state index contributed by atoms with van der Waals surface area (Å²) in [6.07, 6.45) is 4.57. The predicted octanol–water partition coefficient (Wildman–Crippen LogP) is 1.96. The van der Waals surface area contributed by atoms with E-state index in [4.69, 9.17) is 4.52 Å². The van der Waals surface area contributed by atoms with Gasteiger partial charge in [0.25, 0.3) is 0 Å². The van der Waals surface area contributed by atoms with Crippen LogP contribution in [0.3, 0.4) is 0 Å². The average Bonchev–Trinajstić information content (AvgIpc) is 3.06. The number of nitrogens with one attached hydrogen (secondary N) is 1. The summed E-state index contributed by atoms with van der Waals surface area (Å²) in [6.45, 7) is 6.95. The fraction of sp³-hybridized carbons (Fsp3) is 0.571. The van der Waals surface area contributed by atoms with Crippen molar-refractivity contribution in [1.29, 1.82) is 0 Å². The van der Waals surface area contributed by atoms with Gasteiger partial charge in [-0.15, -0.1) is 0 Å². The Morgan fingerprint density at radius 1 is 1.41 bits per heavy atom. The van der Waals surface area contributed by atoms with Gasteiger partial charge in [-0.05, 0) is 18.8 Å². The Hall–Kier alpha value is -1.67. The molecule has 2 aromatic heterocycles. The number of hydrogen-bond donors (Lipinski definition) is 1. The fourth-order valence-corrected chi connectivity index (χ4v) is 2.98. The molecule has 2 rings (SSSR count). The Balaban J connectivity index is 1.98. The van der Waals surface area contributed by atoms with Crippen molar-refractivity contribution in [2.75, 3.05) is 0 Å². The summed E-state index contributed by atoms with van der Waals surface area (Å²) in [7, 11) is -3.59. The molecule has 0 aliphatic rings. The topological polar surface area (TPSA) is 90.0 Å². The van der Waals surface area contributed by atoms with E-state index in [-0.39, 0.29) is 11.4 Å². The standard InChI is InChI=1S/C14H22N4O3S/c1-4-5-18-10-14(9-15-18)22(19,20)16-8-13-7-12(17-21-13)6-11(2)3/h7,9-11,16H,4-6,8H2,1-3H3. The summed E-state index contributed by atoms with van der Waals surface area (Å²) in [5.41, 5.74) is 0.833. The van der Waals surface area contributed by atoms with Crippen molar-refractivity contribution < 1.29 is 12.9 Å². The molecular formula is C14H22N4O3S. The molecule has 8 heteroatoms. The van der Waals surface area contributed by atoms with Crippen LogP contribution >= 0.6 is 0 Å². The second kappa shape index (κ2) is 7.06. The van der Waals surface area contributed by atoms with Crippen molar-refractivity contribution in [3.8, 4) is 0 Å². The van der Waals surface area contributed by atoms with Crippen LogP contribution in [0.5, 0.6) is 0 Å². The van der Waals surface area contributed by atoms with Crippen LogP contribution in [0.4, 0.5) is 0 Å². The van der Waals surface area contributed by atoms with E-state index in [0.29, 0.717) is 18.2 Å². The first-order chi connectivity index (χ1) is 10.4. The van der Waals surface area contributed by atoms with E-state index in [9.17, 15) is 8.42 Å². The first kappa shape index (κ1) is 16.7. The Kier molecular flexibility index (Phi) is 5.36. The summed E-state index contributed by atoms with van der Waals surface area (Å²) in [6, 6.07) is 1.78. The highest BCUT2D eigenvalue weighted by atomic mass is 32.2. The molecule has 0 saturated heterocycles. The summed E-state index contributed by atoms with van der Waals surface area (Å²) < 4.78 is 33.6. The number of aromatic nitrogens is 3. The van der Waals surface area contributed by atoms with Crippen LogP contribution in [0, 0.1) is 5.92 Å². The smallest absolute Gasteiger partial charge is 0.244 e. The summed E-state index contributed by atoms with van der Waals surface area (Å²) in [5, 5.41) is 7.96. The second-order valence-electron chi connectivity index (χ2n) is 5.65. The third-order valence-electron chi connectivity index (χ3n) is 3.03. The van der Waals surface area contributed by atoms with E-state index in [1.54, 1.807) is 10.7 Å². The molecule has 22 heavy (non-hydrogen) atoms. The number of rotatable bonds is 8. The minimum atomic E-state index is -3.59. The van der Waals surface area contributed by atoms with E-state index in [1.165, 1.54) is 12.4 Å². The fourth-order valence-electron chi connectivity index (χ4n) is 2.04. The van der Waals surface area contributed by atoms with Gasteiger partial charge in [0.1, 0.15) is 4.90 Å². The number of nitrogens with zero attached hydrogens (tertiary/aromatic N) is 3. The van der Waals surface area contributed by atoms with Crippen LogP contribution < -0.4 is 4.72 Å². The summed E-state index contributed by atoms with van der Waals surface area (Å²) in [4.78, 5) is 0.155. The normalized spacial score (nSPS) is 12.2. The van der Waals surface area contributed by atoms with Crippen molar-refractivity contribution in [2.45, 2.75) is 51.6 Å². The lowest BCUT2D eigenvalue weighted by molar-refractivity contribution is 0.372. The molecule has 0 aliphatic carbocycles. The van der Waals surface area contributed by atoms with Crippen molar-refractivity contribution >= 4 is 10.0 Å². The van der Waals surface area contributed by atoms with Gasteiger partial charge in [0, 0.05) is 18.8 Å². The molecule has 0 spiro atoms. The first-order valence-corrected chi connectivity index (χ1v) is 8.85. The minimum Gasteiger partial charge on any atom is -0.360 e. The first-order valence-electron chi connectivity index (χ1n) is 7.37. The highest BCUT2D eigenvalue weighted by molar-refractivity contribution is 7.89. The molecule has 0 amide bonds. The quantitative estimate of drug-likeness (QED) is 0.801. The van der Waals surface area contributed by atoms with Crippen molar-refractivity contribution in [3.63, 3.8) is 0 Å². The number of hydrogen-bond acceptors (Lipinski definition) is 5. The maximum Gasteiger partial charge on any atom is 0.244 e. The lowest BCUT2D eigenvalue weighted by atomic mass is 10.1. The zero-order valence-electron chi connectivity index (χ0n) is 13.1. The maximum absolute atomic E-state index is 12.2. The molecule has 2 heterocycles. The van der Waals surface area contributed by atoms with Crippen molar-refractivity contribution in [2.24, 2.45) is 5.92 Å². The van der Waals surface area contributed by atoms with E-state index in [1.807, 2.05) is 6.92 Å². The van der Waals surface area contributed by atoms with Crippen LogP contribution in [-0.2, 0) is 29.5 Å². The largest absolute Gasteiger partial charge is 0.360 e. The number of sulfonamides is 1. The number of aryl methyl sites for hydroxylation is 1. The molecule has 0 bridgehead atoms. The van der Waals surface area contributed by atoms with Gasteiger partial charge in [0.15, 0.2) is 5.76 Å². The van der Waals surface area contributed by atoms with Gasteiger partial charge in [-0.25, -0.2) is 13.1 Å². The second-order valence-corrected chi connectivity index (χ2v) is 7.41. The molecule has 1 N–H and O–H groups in total. The summed E-state index contributed by atoms with van der Waals surface area (Å²) in [5.74, 6) is 0.972. The minimum absolute atomic E-state index is 0.0758. The molecule has 0 fully saturated rings. The highest BCUT2D eigenvalue weighted by Gasteiger charge is 2.17. The molecule has 0 saturated carbocycles. The molecule has 0 atom stereocenters. The average molecular weight is 326 g/mol. The van der Waals surface area contributed by atoms with Crippen LogP contribution in [0.1, 0.15) is 38.6 Å². The van der Waals surface area contributed by atoms with E-state index in [0.717, 1.165) is 18.5 Å². The molecule has 2 aromatic rings. The Labute approximate surface area is 130 Å². The predicted molar refractivity (Wildman–Crippen MR) is 81.6 cm³/mol. The van der Waals surface area contributed by atoms with Gasteiger partial charge in [-0.1, -0.05) is 25.9 Å². The Bertz CT molecular complexity index is 703. The van der Waals surface area contributed by atoms with Crippen LogP contribution in [-0.4, -0.2) is 23.4 Å². The van der Waals surface area contributed by atoms with Gasteiger partial charge >= 0.3 is 0 Å². The maximum atomic E-state index is 12.2. The molecule has 0 aromatic carbocycles. The lowest BCUT2D eigenvalue weighted by Gasteiger charge is -2.01. The highest BCUT2D eigenvalue weighted by Crippen LogP contribution is 2.11. The van der Waals surface area contributed by atoms with Crippen molar-refractivity contribution in [1.82, 2.24) is 19.7 Å². The van der Waals surface area contributed by atoms with Crippen LogP contribution in [0.2, 0.25) is 0 Å². The van der Waals surface area contributed by atoms with Gasteiger partial charge in [0.05, 0.1) is 18.4 Å². The monoisotopic (exact) mass is 326 g/mol. The zero-order valence-corrected chi connectivity index (χ0v) is 13.9. The lowest BCUT2D eigenvalue weighted by Crippen LogP contribution is -2.22. The molecule has 0 radical (unpaired) electrons. The molecular weight excluding hydrogens is 304 g/mol. The van der Waals surface area contributed by atoms with E-state index < -0.39 is 10.0 Å². The molecule has 0 unspecified atom stereocenters. The van der Waals surface area contributed by atoms with Gasteiger partial charge in [-0.2, -0.15) is 5.10 Å². The summed E-state index contributed by atoms with van der Waals surface area (Å²) >= 11 is 0. The molecule has 0 aliphatic heterocycles. The molecule has 7 nitrogen and oxygen atoms in total. The zero-order chi connectivity index (χ0) is 16.2. The molecule has 122 valence electrons. The SMILES string of the molecule is CCCn1cc(S(=O)(=O)NCc2cc(CC(C)C)no2)cn1. The van der Waals surface area contributed by atoms with Gasteiger partial charge < -0.3 is 4.52 Å². The van der Waals surface area contributed by atoms with Gasteiger partial charge in [0.2, 0.25) is 10.0 Å². The van der Waals surface area contributed by atoms with Crippen LogP contribution in [0.25, 0.3) is 0 Å². The Morgan fingerprint density at radius 3 is 2.86 bits per heavy atom. The van der Waals surface area contributed by atoms with Crippen LogP contribution in [0.15, 0.2) is 27.9 Å². The third-order valence-corrected chi connectivity index (χ3v) is 4.39. The third kappa shape index (κ3) is 4.41.